The lowest BCUT2D eigenvalue weighted by Gasteiger charge is -2.41. The van der Waals surface area contributed by atoms with E-state index < -0.39 is 11.4 Å². The van der Waals surface area contributed by atoms with E-state index in [0.717, 1.165) is 43.2 Å². The zero-order chi connectivity index (χ0) is 24.0. The van der Waals surface area contributed by atoms with Crippen molar-refractivity contribution in [3.63, 3.8) is 0 Å². The number of morpholine rings is 1. The van der Waals surface area contributed by atoms with Crippen LogP contribution in [0, 0.1) is 11.3 Å². The highest BCUT2D eigenvalue weighted by Gasteiger charge is 2.41. The number of carbonyl (C=O) groups is 2. The first-order valence-corrected chi connectivity index (χ1v) is 12.9. The summed E-state index contributed by atoms with van der Waals surface area (Å²) in [5.74, 6) is -0.516. The van der Waals surface area contributed by atoms with Crippen LogP contribution in [0.25, 0.3) is 0 Å². The molecule has 0 spiro atoms. The van der Waals surface area contributed by atoms with E-state index in [1.165, 1.54) is 5.56 Å². The zero-order valence-corrected chi connectivity index (χ0v) is 20.9. The summed E-state index contributed by atoms with van der Waals surface area (Å²) in [7, 11) is 0. The van der Waals surface area contributed by atoms with Crippen molar-refractivity contribution in [2.75, 3.05) is 32.8 Å². The molecular weight excluding hydrogens is 456 g/mol. The number of hydrogen-bond donors (Lipinski definition) is 1. The fraction of sp³-hybridized carbons (Fsp3) is 0.692. The van der Waals surface area contributed by atoms with Crippen LogP contribution < -0.4 is 0 Å². The van der Waals surface area contributed by atoms with Gasteiger partial charge in [0.1, 0.15) is 0 Å². The molecule has 8 heteroatoms. The number of benzene rings is 1. The van der Waals surface area contributed by atoms with E-state index in [1.807, 2.05) is 17.0 Å². The summed E-state index contributed by atoms with van der Waals surface area (Å²) < 4.78 is 11.8. The molecule has 5 rings (SSSR count). The van der Waals surface area contributed by atoms with Crippen molar-refractivity contribution in [3.8, 4) is 0 Å². The molecule has 7 nitrogen and oxygen atoms in total. The minimum Gasteiger partial charge on any atom is -0.481 e. The van der Waals surface area contributed by atoms with Gasteiger partial charge < -0.3 is 19.5 Å². The van der Waals surface area contributed by atoms with Gasteiger partial charge in [0.25, 0.3) is 0 Å². The van der Waals surface area contributed by atoms with Gasteiger partial charge in [0.2, 0.25) is 5.91 Å². The zero-order valence-electron chi connectivity index (χ0n) is 20.1. The first kappa shape index (κ1) is 24.0. The molecule has 4 aliphatic heterocycles. The maximum absolute atomic E-state index is 13.5. The second kappa shape index (κ2) is 9.41. The normalized spacial score (nSPS) is 29.7. The van der Waals surface area contributed by atoms with Crippen LogP contribution in [0.1, 0.15) is 62.3 Å². The number of ether oxygens (including phenoxy) is 2. The van der Waals surface area contributed by atoms with Gasteiger partial charge in [-0.25, -0.2) is 0 Å². The highest BCUT2D eigenvalue weighted by molar-refractivity contribution is 6.30. The fourth-order valence-corrected chi connectivity index (χ4v) is 6.40. The standard InChI is InChI=1S/C26H35ClN2O5/c1-26(2,25(31)32)15-29-7-8-33-14-23(29)21-12-18(27)9-16-5-6-28(13-22(16)21)24(30)17-10-19-3-4-20(11-17)34-19/h9,12,17,19-20,23H,3-8,10-11,13-15H2,1-2H3,(H,31,32). The highest BCUT2D eigenvalue weighted by atomic mass is 35.5. The van der Waals surface area contributed by atoms with E-state index in [-0.39, 0.29) is 30.1 Å². The maximum atomic E-state index is 13.5. The SMILES string of the molecule is CC(C)(CN1CCOCC1c1cc(Cl)cc2c1CN(C(=O)C1CC3CCC(C1)O3)CC2)C(=O)O. The van der Waals surface area contributed by atoms with Crippen LogP contribution in [0.2, 0.25) is 5.02 Å². The van der Waals surface area contributed by atoms with E-state index in [0.29, 0.717) is 44.4 Å². The number of nitrogens with zero attached hydrogens (tertiary/aromatic N) is 2. The Bertz CT molecular complexity index is 955. The van der Waals surface area contributed by atoms with Crippen LogP contribution in [-0.4, -0.2) is 71.8 Å². The third-order valence-corrected chi connectivity index (χ3v) is 8.29. The van der Waals surface area contributed by atoms with Gasteiger partial charge in [0.15, 0.2) is 0 Å². The van der Waals surface area contributed by atoms with Gasteiger partial charge in [0.05, 0.1) is 36.9 Å². The van der Waals surface area contributed by atoms with Crippen LogP contribution in [0.5, 0.6) is 0 Å². The van der Waals surface area contributed by atoms with E-state index in [2.05, 4.69) is 4.90 Å². The molecule has 0 aliphatic carbocycles. The molecule has 3 fully saturated rings. The molecule has 2 bridgehead atoms. The summed E-state index contributed by atoms with van der Waals surface area (Å²) in [6.07, 6.45) is 5.07. The van der Waals surface area contributed by atoms with Gasteiger partial charge in [-0.1, -0.05) is 11.6 Å². The Morgan fingerprint density at radius 2 is 1.91 bits per heavy atom. The van der Waals surface area contributed by atoms with Gasteiger partial charge in [0, 0.05) is 37.1 Å². The highest BCUT2D eigenvalue weighted by Crippen LogP contribution is 2.39. The number of aliphatic carboxylic acids is 1. The molecule has 0 saturated carbocycles. The second-order valence-corrected chi connectivity index (χ2v) is 11.5. The van der Waals surface area contributed by atoms with Gasteiger partial charge >= 0.3 is 5.97 Å². The number of carboxylic acid groups (broad SMARTS) is 1. The van der Waals surface area contributed by atoms with E-state index in [9.17, 15) is 14.7 Å². The molecule has 0 radical (unpaired) electrons. The van der Waals surface area contributed by atoms with Crippen LogP contribution in [0.4, 0.5) is 0 Å². The minimum absolute atomic E-state index is 0.0504. The molecule has 1 aromatic carbocycles. The molecule has 1 amide bonds. The van der Waals surface area contributed by atoms with Gasteiger partial charge in [-0.2, -0.15) is 0 Å². The lowest BCUT2D eigenvalue weighted by Crippen LogP contribution is -2.47. The Hall–Kier alpha value is -1.67. The number of hydrogen-bond acceptors (Lipinski definition) is 5. The van der Waals surface area contributed by atoms with E-state index >= 15 is 0 Å². The minimum atomic E-state index is -0.876. The molecule has 1 N–H and O–H groups in total. The molecule has 4 aliphatic rings. The average molecular weight is 491 g/mol. The number of carbonyl (C=O) groups excluding carboxylic acids is 1. The first-order chi connectivity index (χ1) is 16.2. The average Bonchev–Trinajstić information content (AvgIpc) is 3.15. The van der Waals surface area contributed by atoms with Crippen LogP contribution in [0.3, 0.4) is 0 Å². The molecular formula is C26H35ClN2O5. The van der Waals surface area contributed by atoms with E-state index in [4.69, 9.17) is 21.1 Å². The lowest BCUT2D eigenvalue weighted by atomic mass is 9.87. The van der Waals surface area contributed by atoms with Gasteiger partial charge in [-0.3, -0.25) is 14.5 Å². The Morgan fingerprint density at radius 1 is 1.18 bits per heavy atom. The predicted molar refractivity (Wildman–Crippen MR) is 128 cm³/mol. The molecule has 3 atom stereocenters. The van der Waals surface area contributed by atoms with Crippen molar-refractivity contribution in [3.05, 3.63) is 33.8 Å². The monoisotopic (exact) mass is 490 g/mol. The van der Waals surface area contributed by atoms with Crippen molar-refractivity contribution in [1.82, 2.24) is 9.80 Å². The quantitative estimate of drug-likeness (QED) is 0.678. The summed E-state index contributed by atoms with van der Waals surface area (Å²) in [4.78, 5) is 29.5. The molecule has 0 aromatic heterocycles. The third kappa shape index (κ3) is 4.72. The summed E-state index contributed by atoms with van der Waals surface area (Å²) in [5.41, 5.74) is 2.51. The maximum Gasteiger partial charge on any atom is 0.310 e. The number of amides is 1. The fourth-order valence-electron chi connectivity index (χ4n) is 6.15. The number of carboxylic acids is 1. The summed E-state index contributed by atoms with van der Waals surface area (Å²) in [6, 6.07) is 3.92. The summed E-state index contributed by atoms with van der Waals surface area (Å²) in [5, 5.41) is 10.4. The molecule has 4 heterocycles. The molecule has 3 saturated heterocycles. The predicted octanol–water partition coefficient (Wildman–Crippen LogP) is 3.67. The van der Waals surface area contributed by atoms with Crippen LogP contribution in [0.15, 0.2) is 12.1 Å². The Balaban J connectivity index is 1.40. The van der Waals surface area contributed by atoms with Crippen molar-refractivity contribution in [2.24, 2.45) is 11.3 Å². The molecule has 1 aromatic rings. The second-order valence-electron chi connectivity index (χ2n) is 11.0. The third-order valence-electron chi connectivity index (χ3n) is 8.07. The Morgan fingerprint density at radius 3 is 2.62 bits per heavy atom. The van der Waals surface area contributed by atoms with Gasteiger partial charge in [-0.05, 0) is 74.8 Å². The van der Waals surface area contributed by atoms with Gasteiger partial charge in [-0.15, -0.1) is 0 Å². The number of rotatable bonds is 5. The molecule has 34 heavy (non-hydrogen) atoms. The van der Waals surface area contributed by atoms with Crippen LogP contribution >= 0.6 is 11.6 Å². The Labute approximate surface area is 206 Å². The van der Waals surface area contributed by atoms with E-state index in [1.54, 1.807) is 13.8 Å². The van der Waals surface area contributed by atoms with Crippen molar-refractivity contribution < 1.29 is 24.2 Å². The molecule has 3 unspecified atom stereocenters. The largest absolute Gasteiger partial charge is 0.481 e. The Kier molecular flexibility index (Phi) is 6.66. The van der Waals surface area contributed by atoms with Crippen molar-refractivity contribution >= 4 is 23.5 Å². The van der Waals surface area contributed by atoms with Crippen molar-refractivity contribution in [2.45, 2.75) is 70.7 Å². The first-order valence-electron chi connectivity index (χ1n) is 12.5. The lowest BCUT2D eigenvalue weighted by molar-refractivity contribution is -0.149. The summed E-state index contributed by atoms with van der Waals surface area (Å²) in [6.45, 7) is 6.94. The number of fused-ring (bicyclic) bond motifs is 3. The topological polar surface area (TPSA) is 79.3 Å². The smallest absolute Gasteiger partial charge is 0.310 e. The summed E-state index contributed by atoms with van der Waals surface area (Å²) >= 11 is 6.54. The van der Waals surface area contributed by atoms with Crippen LogP contribution in [-0.2, 0) is 32.0 Å². The van der Waals surface area contributed by atoms with Crippen molar-refractivity contribution in [1.29, 1.82) is 0 Å². The number of halogens is 1. The molecule has 186 valence electrons.